The average Bonchev–Trinajstić information content (AvgIpc) is 2.02. The quantitative estimate of drug-likeness (QED) is 0.594. The SMILES string of the molecule is CCC(C)CN(CC)CC(C)C. The lowest BCUT2D eigenvalue weighted by atomic mass is 10.1. The number of hydrogen-bond acceptors (Lipinski definition) is 1. The molecule has 0 aromatic rings. The Bertz CT molecular complexity index is 99.2. The minimum absolute atomic E-state index is 0.800. The van der Waals surface area contributed by atoms with E-state index in [1.54, 1.807) is 0 Å². The van der Waals surface area contributed by atoms with Crippen LogP contribution in [0.5, 0.6) is 0 Å². The van der Waals surface area contributed by atoms with Gasteiger partial charge in [0.1, 0.15) is 0 Å². The van der Waals surface area contributed by atoms with Gasteiger partial charge in [-0.3, -0.25) is 0 Å². The molecule has 0 aliphatic rings. The normalized spacial score (nSPS) is 14.2. The molecule has 0 aliphatic heterocycles. The van der Waals surface area contributed by atoms with Crippen LogP contribution in [0.25, 0.3) is 0 Å². The van der Waals surface area contributed by atoms with E-state index in [1.807, 2.05) is 0 Å². The lowest BCUT2D eigenvalue weighted by Crippen LogP contribution is -2.31. The fraction of sp³-hybridized carbons (Fsp3) is 1.00. The van der Waals surface area contributed by atoms with E-state index < -0.39 is 0 Å². The van der Waals surface area contributed by atoms with Gasteiger partial charge in [-0.05, 0) is 18.4 Å². The molecule has 0 fully saturated rings. The Hall–Kier alpha value is -0.0400. The molecule has 1 atom stereocenters. The van der Waals surface area contributed by atoms with E-state index in [-0.39, 0.29) is 0 Å². The van der Waals surface area contributed by atoms with E-state index in [2.05, 4.69) is 39.5 Å². The smallest absolute Gasteiger partial charge is 0.000691 e. The molecule has 0 saturated carbocycles. The first-order valence-electron chi connectivity index (χ1n) is 5.32. The predicted molar refractivity (Wildman–Crippen MR) is 56.4 cm³/mol. The Balaban J connectivity index is 3.66. The Morgan fingerprint density at radius 2 is 1.58 bits per heavy atom. The zero-order chi connectivity index (χ0) is 9.56. The molecule has 0 amide bonds. The van der Waals surface area contributed by atoms with Crippen LogP contribution in [0.4, 0.5) is 0 Å². The molecule has 0 saturated heterocycles. The third kappa shape index (κ3) is 5.59. The molecule has 0 N–H and O–H groups in total. The number of hydrogen-bond donors (Lipinski definition) is 0. The summed E-state index contributed by atoms with van der Waals surface area (Å²) in [5, 5.41) is 0. The zero-order valence-corrected chi connectivity index (χ0v) is 9.43. The summed E-state index contributed by atoms with van der Waals surface area (Å²) in [5.41, 5.74) is 0. The van der Waals surface area contributed by atoms with Gasteiger partial charge in [0, 0.05) is 13.1 Å². The highest BCUT2D eigenvalue weighted by Gasteiger charge is 2.07. The van der Waals surface area contributed by atoms with Crippen molar-refractivity contribution in [1.82, 2.24) is 4.90 Å². The van der Waals surface area contributed by atoms with Gasteiger partial charge in [0.25, 0.3) is 0 Å². The highest BCUT2D eigenvalue weighted by atomic mass is 15.1. The number of nitrogens with zero attached hydrogens (tertiary/aromatic N) is 1. The van der Waals surface area contributed by atoms with Crippen molar-refractivity contribution in [2.75, 3.05) is 19.6 Å². The maximum atomic E-state index is 2.55. The van der Waals surface area contributed by atoms with Gasteiger partial charge in [0.15, 0.2) is 0 Å². The van der Waals surface area contributed by atoms with Crippen molar-refractivity contribution in [3.63, 3.8) is 0 Å². The molecule has 74 valence electrons. The summed E-state index contributed by atoms with van der Waals surface area (Å²) >= 11 is 0. The second-order valence-electron chi connectivity index (χ2n) is 4.26. The van der Waals surface area contributed by atoms with Crippen molar-refractivity contribution < 1.29 is 0 Å². The highest BCUT2D eigenvalue weighted by molar-refractivity contribution is 4.61. The van der Waals surface area contributed by atoms with Crippen molar-refractivity contribution >= 4 is 0 Å². The summed E-state index contributed by atoms with van der Waals surface area (Å²) in [6, 6.07) is 0. The maximum Gasteiger partial charge on any atom is 0.000691 e. The van der Waals surface area contributed by atoms with Crippen molar-refractivity contribution in [2.24, 2.45) is 11.8 Å². The Labute approximate surface area is 78.1 Å². The largest absolute Gasteiger partial charge is 0.303 e. The van der Waals surface area contributed by atoms with Crippen molar-refractivity contribution in [3.05, 3.63) is 0 Å². The fourth-order valence-electron chi connectivity index (χ4n) is 1.42. The molecular formula is C11H25N. The third-order valence-electron chi connectivity index (χ3n) is 2.34. The van der Waals surface area contributed by atoms with Crippen LogP contribution in [0, 0.1) is 11.8 Å². The van der Waals surface area contributed by atoms with Crippen LogP contribution in [-0.2, 0) is 0 Å². The zero-order valence-electron chi connectivity index (χ0n) is 9.43. The van der Waals surface area contributed by atoms with E-state index >= 15 is 0 Å². The van der Waals surface area contributed by atoms with Crippen molar-refractivity contribution in [3.8, 4) is 0 Å². The van der Waals surface area contributed by atoms with Gasteiger partial charge >= 0.3 is 0 Å². The van der Waals surface area contributed by atoms with Crippen LogP contribution in [0.15, 0.2) is 0 Å². The standard InChI is InChI=1S/C11H25N/c1-6-11(5)9-12(7-2)8-10(3)4/h10-11H,6-9H2,1-5H3. The minimum Gasteiger partial charge on any atom is -0.303 e. The Kier molecular flexibility index (Phi) is 6.45. The van der Waals surface area contributed by atoms with Gasteiger partial charge in [0.2, 0.25) is 0 Å². The average molecular weight is 171 g/mol. The van der Waals surface area contributed by atoms with Crippen LogP contribution < -0.4 is 0 Å². The predicted octanol–water partition coefficient (Wildman–Crippen LogP) is 3.01. The van der Waals surface area contributed by atoms with Crippen LogP contribution in [0.1, 0.15) is 41.0 Å². The molecule has 0 radical (unpaired) electrons. The summed E-state index contributed by atoms with van der Waals surface area (Å²) in [6.07, 6.45) is 1.30. The van der Waals surface area contributed by atoms with E-state index in [1.165, 1.54) is 26.1 Å². The summed E-state index contributed by atoms with van der Waals surface area (Å²) < 4.78 is 0. The summed E-state index contributed by atoms with van der Waals surface area (Å²) in [5.74, 6) is 1.65. The Morgan fingerprint density at radius 3 is 1.92 bits per heavy atom. The first-order valence-corrected chi connectivity index (χ1v) is 5.32. The summed E-state index contributed by atoms with van der Waals surface area (Å²) in [6.45, 7) is 15.2. The second-order valence-corrected chi connectivity index (χ2v) is 4.26. The van der Waals surface area contributed by atoms with Crippen molar-refractivity contribution in [2.45, 2.75) is 41.0 Å². The maximum absolute atomic E-state index is 2.55. The molecule has 12 heavy (non-hydrogen) atoms. The van der Waals surface area contributed by atoms with Crippen LogP contribution >= 0.6 is 0 Å². The first-order chi connectivity index (χ1) is 5.60. The lowest BCUT2D eigenvalue weighted by Gasteiger charge is -2.25. The summed E-state index contributed by atoms with van der Waals surface area (Å²) in [7, 11) is 0. The van der Waals surface area contributed by atoms with Crippen LogP contribution in [0.2, 0.25) is 0 Å². The molecule has 1 nitrogen and oxygen atoms in total. The molecule has 0 aromatic carbocycles. The van der Waals surface area contributed by atoms with Gasteiger partial charge < -0.3 is 4.90 Å². The molecule has 0 heterocycles. The molecule has 0 aliphatic carbocycles. The number of rotatable bonds is 6. The van der Waals surface area contributed by atoms with Gasteiger partial charge in [-0.15, -0.1) is 0 Å². The second kappa shape index (κ2) is 6.47. The third-order valence-corrected chi connectivity index (χ3v) is 2.34. The van der Waals surface area contributed by atoms with Gasteiger partial charge in [-0.2, -0.15) is 0 Å². The molecule has 0 spiro atoms. The first kappa shape index (κ1) is 12.0. The van der Waals surface area contributed by atoms with E-state index in [9.17, 15) is 0 Å². The molecule has 0 bridgehead atoms. The lowest BCUT2D eigenvalue weighted by molar-refractivity contribution is 0.221. The minimum atomic E-state index is 0.800. The molecule has 1 heteroatoms. The Morgan fingerprint density at radius 1 is 1.00 bits per heavy atom. The summed E-state index contributed by atoms with van der Waals surface area (Å²) in [4.78, 5) is 2.55. The van der Waals surface area contributed by atoms with Crippen molar-refractivity contribution in [1.29, 1.82) is 0 Å². The molecular weight excluding hydrogens is 146 g/mol. The van der Waals surface area contributed by atoms with Gasteiger partial charge in [0.05, 0.1) is 0 Å². The van der Waals surface area contributed by atoms with E-state index in [4.69, 9.17) is 0 Å². The van der Waals surface area contributed by atoms with Crippen LogP contribution in [-0.4, -0.2) is 24.5 Å². The monoisotopic (exact) mass is 171 g/mol. The highest BCUT2D eigenvalue weighted by Crippen LogP contribution is 2.06. The van der Waals surface area contributed by atoms with Gasteiger partial charge in [-0.25, -0.2) is 0 Å². The van der Waals surface area contributed by atoms with E-state index in [0.717, 1.165) is 11.8 Å². The van der Waals surface area contributed by atoms with Crippen LogP contribution in [0.3, 0.4) is 0 Å². The molecule has 0 rings (SSSR count). The molecule has 1 unspecified atom stereocenters. The van der Waals surface area contributed by atoms with E-state index in [0.29, 0.717) is 0 Å². The van der Waals surface area contributed by atoms with Gasteiger partial charge in [-0.1, -0.05) is 41.0 Å². The fourth-order valence-corrected chi connectivity index (χ4v) is 1.42. The molecule has 0 aromatic heterocycles. The topological polar surface area (TPSA) is 3.24 Å².